The Morgan fingerprint density at radius 2 is 2.08 bits per heavy atom. The topological polar surface area (TPSA) is 98.1 Å². The van der Waals surface area contributed by atoms with Gasteiger partial charge in [-0.05, 0) is 19.2 Å². The van der Waals surface area contributed by atoms with Gasteiger partial charge in [-0.2, -0.15) is 4.98 Å². The average molecular weight is 341 g/mol. The van der Waals surface area contributed by atoms with E-state index in [1.54, 1.807) is 35.6 Å². The Labute approximate surface area is 142 Å². The minimum Gasteiger partial charge on any atom is -0.366 e. The minimum absolute atomic E-state index is 0.422. The molecule has 122 valence electrons. The van der Waals surface area contributed by atoms with Gasteiger partial charge in [0.25, 0.3) is 5.89 Å². The smallest absolute Gasteiger partial charge is 0.287 e. The maximum Gasteiger partial charge on any atom is 0.287 e. The molecule has 2 N–H and O–H groups in total. The molecule has 1 amide bonds. The lowest BCUT2D eigenvalue weighted by molar-refractivity contribution is 0.100. The number of thiazole rings is 1. The van der Waals surface area contributed by atoms with Crippen LogP contribution in [0.3, 0.4) is 0 Å². The van der Waals surface area contributed by atoms with Gasteiger partial charge in [-0.25, -0.2) is 4.98 Å². The summed E-state index contributed by atoms with van der Waals surface area (Å²) in [6.45, 7) is 1.92. The number of rotatable bonds is 3. The van der Waals surface area contributed by atoms with E-state index in [1.165, 1.54) is 4.88 Å². The van der Waals surface area contributed by atoms with Crippen LogP contribution in [0.25, 0.3) is 22.3 Å². The van der Waals surface area contributed by atoms with Crippen molar-refractivity contribution in [2.45, 2.75) is 13.0 Å². The fourth-order valence-electron chi connectivity index (χ4n) is 2.63. The molecule has 1 aromatic carbocycles. The van der Waals surface area contributed by atoms with Gasteiger partial charge >= 0.3 is 0 Å². The molecule has 0 bridgehead atoms. The lowest BCUT2D eigenvalue weighted by Gasteiger charge is -2.20. The Bertz CT molecular complexity index is 900. The zero-order chi connectivity index (χ0) is 16.7. The lowest BCUT2D eigenvalue weighted by atomic mass is 10.1. The van der Waals surface area contributed by atoms with E-state index in [2.05, 4.69) is 27.1 Å². The zero-order valence-corrected chi connectivity index (χ0v) is 13.8. The van der Waals surface area contributed by atoms with E-state index < -0.39 is 5.91 Å². The zero-order valence-electron chi connectivity index (χ0n) is 13.0. The van der Waals surface area contributed by atoms with Crippen molar-refractivity contribution in [2.24, 2.45) is 5.73 Å². The molecule has 1 aliphatic heterocycles. The number of aromatic nitrogens is 3. The highest BCUT2D eigenvalue weighted by Gasteiger charge is 2.22. The van der Waals surface area contributed by atoms with Crippen LogP contribution in [0.5, 0.6) is 0 Å². The molecule has 3 aromatic rings. The molecule has 3 heterocycles. The Balaban J connectivity index is 1.62. The molecule has 0 atom stereocenters. The van der Waals surface area contributed by atoms with Crippen molar-refractivity contribution in [3.05, 3.63) is 40.4 Å². The van der Waals surface area contributed by atoms with Crippen molar-refractivity contribution in [3.63, 3.8) is 0 Å². The summed E-state index contributed by atoms with van der Waals surface area (Å²) in [4.78, 5) is 23.7. The molecule has 4 rings (SSSR count). The second-order valence-corrected chi connectivity index (χ2v) is 6.83. The number of carbonyl (C=O) groups is 1. The Kier molecular flexibility index (Phi) is 3.62. The van der Waals surface area contributed by atoms with Gasteiger partial charge in [-0.15, -0.1) is 11.3 Å². The number of hydrogen-bond acceptors (Lipinski definition) is 7. The van der Waals surface area contributed by atoms with E-state index in [-0.39, 0.29) is 0 Å². The molecule has 2 aromatic heterocycles. The summed E-state index contributed by atoms with van der Waals surface area (Å²) >= 11 is 1.60. The molecule has 0 spiro atoms. The van der Waals surface area contributed by atoms with Crippen LogP contribution >= 0.6 is 11.3 Å². The average Bonchev–Trinajstić information content (AvgIpc) is 3.21. The van der Waals surface area contributed by atoms with Crippen LogP contribution in [0.1, 0.15) is 20.9 Å². The van der Waals surface area contributed by atoms with Crippen molar-refractivity contribution >= 4 is 17.2 Å². The molecule has 0 saturated heterocycles. The molecule has 0 radical (unpaired) electrons. The van der Waals surface area contributed by atoms with Gasteiger partial charge in [-0.1, -0.05) is 17.3 Å². The normalized spacial score (nSPS) is 14.5. The maximum absolute atomic E-state index is 11.1. The predicted molar refractivity (Wildman–Crippen MR) is 89.4 cm³/mol. The van der Waals surface area contributed by atoms with Gasteiger partial charge in [0.05, 0.1) is 5.69 Å². The summed E-state index contributed by atoms with van der Waals surface area (Å²) in [5.41, 5.74) is 7.57. The molecule has 0 aliphatic carbocycles. The number of hydrogen-bond donors (Lipinski definition) is 1. The molecular formula is C16H15N5O2S. The van der Waals surface area contributed by atoms with Gasteiger partial charge < -0.3 is 15.2 Å². The van der Waals surface area contributed by atoms with E-state index in [9.17, 15) is 4.79 Å². The third-order valence-corrected chi connectivity index (χ3v) is 5.03. The SMILES string of the molecule is CN1CCc2nc(-c3nc(-c4ccc(C(N)=O)cc4)no3)sc2C1. The molecule has 0 fully saturated rings. The number of amides is 1. The van der Waals surface area contributed by atoms with E-state index in [4.69, 9.17) is 10.3 Å². The summed E-state index contributed by atoms with van der Waals surface area (Å²) < 4.78 is 5.37. The summed E-state index contributed by atoms with van der Waals surface area (Å²) in [6, 6.07) is 6.78. The Morgan fingerprint density at radius 1 is 1.29 bits per heavy atom. The number of carbonyl (C=O) groups excluding carboxylic acids is 1. The second kappa shape index (κ2) is 5.81. The van der Waals surface area contributed by atoms with Gasteiger partial charge in [0.1, 0.15) is 0 Å². The third-order valence-electron chi connectivity index (χ3n) is 3.96. The first-order chi connectivity index (χ1) is 11.6. The predicted octanol–water partition coefficient (Wildman–Crippen LogP) is 1.95. The molecule has 24 heavy (non-hydrogen) atoms. The van der Waals surface area contributed by atoms with E-state index in [1.807, 2.05) is 0 Å². The molecule has 0 saturated carbocycles. The molecule has 7 nitrogen and oxygen atoms in total. The quantitative estimate of drug-likeness (QED) is 0.782. The first-order valence-electron chi connectivity index (χ1n) is 7.51. The highest BCUT2D eigenvalue weighted by atomic mass is 32.1. The monoisotopic (exact) mass is 341 g/mol. The summed E-state index contributed by atoms with van der Waals surface area (Å²) in [6.07, 6.45) is 0.942. The second-order valence-electron chi connectivity index (χ2n) is 5.74. The lowest BCUT2D eigenvalue weighted by Crippen LogP contribution is -2.25. The maximum atomic E-state index is 11.1. The van der Waals surface area contributed by atoms with Crippen LogP contribution < -0.4 is 5.73 Å². The van der Waals surface area contributed by atoms with Crippen LogP contribution in [0.4, 0.5) is 0 Å². The molecule has 0 unspecified atom stereocenters. The number of benzene rings is 1. The minimum atomic E-state index is -0.464. The Hall–Kier alpha value is -2.58. The first kappa shape index (κ1) is 15.0. The highest BCUT2D eigenvalue weighted by Crippen LogP contribution is 2.31. The van der Waals surface area contributed by atoms with Crippen LogP contribution in [-0.2, 0) is 13.0 Å². The largest absolute Gasteiger partial charge is 0.366 e. The first-order valence-corrected chi connectivity index (χ1v) is 8.33. The summed E-state index contributed by atoms with van der Waals surface area (Å²) in [7, 11) is 2.10. The highest BCUT2D eigenvalue weighted by molar-refractivity contribution is 7.15. The van der Waals surface area contributed by atoms with Crippen molar-refractivity contribution in [1.29, 1.82) is 0 Å². The van der Waals surface area contributed by atoms with E-state index >= 15 is 0 Å². The number of fused-ring (bicyclic) bond motifs is 1. The number of likely N-dealkylation sites (N-methyl/N-ethyl adjacent to an activating group) is 1. The third kappa shape index (κ3) is 2.70. The fraction of sp³-hybridized carbons (Fsp3) is 0.250. The van der Waals surface area contributed by atoms with E-state index in [0.29, 0.717) is 17.3 Å². The van der Waals surface area contributed by atoms with Gasteiger partial charge in [0.2, 0.25) is 11.7 Å². The molecule has 8 heteroatoms. The fourth-order valence-corrected chi connectivity index (χ4v) is 3.74. The van der Waals surface area contributed by atoms with Crippen LogP contribution in [0.15, 0.2) is 28.8 Å². The van der Waals surface area contributed by atoms with Crippen LogP contribution in [0, 0.1) is 0 Å². The summed E-state index contributed by atoms with van der Waals surface area (Å²) in [5.74, 6) is 0.422. The molecular weight excluding hydrogens is 326 g/mol. The van der Waals surface area contributed by atoms with Gasteiger partial charge in [0.15, 0.2) is 5.01 Å². The Morgan fingerprint density at radius 3 is 2.83 bits per heavy atom. The van der Waals surface area contributed by atoms with Crippen LogP contribution in [-0.4, -0.2) is 39.5 Å². The standard InChI is InChI=1S/C16H15N5O2S/c1-21-7-6-11-12(8-21)24-16(18-11)15-19-14(20-23-15)10-4-2-9(3-5-10)13(17)22/h2-5H,6-8H2,1H3,(H2,17,22). The van der Waals surface area contributed by atoms with Crippen LogP contribution in [0.2, 0.25) is 0 Å². The summed E-state index contributed by atoms with van der Waals surface area (Å²) in [5, 5.41) is 4.77. The van der Waals surface area contributed by atoms with Crippen molar-refractivity contribution < 1.29 is 9.32 Å². The number of nitrogens with zero attached hydrogens (tertiary/aromatic N) is 4. The number of nitrogens with two attached hydrogens (primary N) is 1. The van der Waals surface area contributed by atoms with Crippen molar-refractivity contribution in [3.8, 4) is 22.3 Å². The molecule has 1 aliphatic rings. The number of primary amides is 1. The van der Waals surface area contributed by atoms with E-state index in [0.717, 1.165) is 35.8 Å². The van der Waals surface area contributed by atoms with Crippen molar-refractivity contribution in [2.75, 3.05) is 13.6 Å². The van der Waals surface area contributed by atoms with Gasteiger partial charge in [-0.3, -0.25) is 4.79 Å². The van der Waals surface area contributed by atoms with Gasteiger partial charge in [0, 0.05) is 35.5 Å². The van der Waals surface area contributed by atoms with Crippen molar-refractivity contribution in [1.82, 2.24) is 20.0 Å².